The van der Waals surface area contributed by atoms with E-state index in [1.807, 2.05) is 0 Å². The summed E-state index contributed by atoms with van der Waals surface area (Å²) in [5, 5.41) is 8.56. The first-order valence-electron chi connectivity index (χ1n) is 5.17. The van der Waals surface area contributed by atoms with Gasteiger partial charge in [-0.1, -0.05) is 0 Å². The number of nitrogens with zero attached hydrogens (tertiary/aromatic N) is 1. The highest BCUT2D eigenvalue weighted by Crippen LogP contribution is 2.28. The molecule has 0 spiro atoms. The van der Waals surface area contributed by atoms with Gasteiger partial charge < -0.3 is 5.11 Å². The first kappa shape index (κ1) is 17.9. The topological polar surface area (TPSA) is 74.7 Å². The lowest BCUT2D eigenvalue weighted by molar-refractivity contribution is -0.146. The molecule has 0 bridgehead atoms. The second-order valence-electron chi connectivity index (χ2n) is 3.86. The summed E-state index contributed by atoms with van der Waals surface area (Å²) in [6, 6.07) is 2.24. The maximum absolute atomic E-state index is 12.9. The SMILES string of the molecule is O=C(O)CN(CC(F)(F)F)S(=O)(=O)c1ccc(F)cc1Br. The molecule has 21 heavy (non-hydrogen) atoms. The van der Waals surface area contributed by atoms with Crippen molar-refractivity contribution in [2.24, 2.45) is 0 Å². The fourth-order valence-corrected chi connectivity index (χ4v) is 3.78. The third-order valence-electron chi connectivity index (χ3n) is 2.18. The van der Waals surface area contributed by atoms with Crippen LogP contribution in [0.1, 0.15) is 0 Å². The summed E-state index contributed by atoms with van der Waals surface area (Å²) < 4.78 is 73.7. The van der Waals surface area contributed by atoms with Crippen molar-refractivity contribution in [2.75, 3.05) is 13.1 Å². The number of carboxylic acid groups (broad SMARTS) is 1. The third-order valence-corrected chi connectivity index (χ3v) is 4.95. The van der Waals surface area contributed by atoms with Crippen molar-refractivity contribution in [1.82, 2.24) is 4.31 Å². The number of alkyl halides is 3. The summed E-state index contributed by atoms with van der Waals surface area (Å²) in [5.74, 6) is -2.55. The van der Waals surface area contributed by atoms with E-state index < -0.39 is 46.0 Å². The zero-order valence-electron chi connectivity index (χ0n) is 10.1. The van der Waals surface area contributed by atoms with Gasteiger partial charge in [-0.05, 0) is 34.1 Å². The smallest absolute Gasteiger partial charge is 0.402 e. The molecule has 5 nitrogen and oxygen atoms in total. The lowest BCUT2D eigenvalue weighted by Crippen LogP contribution is -2.42. The van der Waals surface area contributed by atoms with Crippen molar-refractivity contribution in [3.8, 4) is 0 Å². The second-order valence-corrected chi connectivity index (χ2v) is 6.62. The van der Waals surface area contributed by atoms with Gasteiger partial charge in [0, 0.05) is 4.47 Å². The highest BCUT2D eigenvalue weighted by atomic mass is 79.9. The van der Waals surface area contributed by atoms with Gasteiger partial charge in [-0.15, -0.1) is 0 Å². The highest BCUT2D eigenvalue weighted by Gasteiger charge is 2.38. The Balaban J connectivity index is 3.29. The monoisotopic (exact) mass is 393 g/mol. The quantitative estimate of drug-likeness (QED) is 0.778. The third kappa shape index (κ3) is 4.93. The van der Waals surface area contributed by atoms with Gasteiger partial charge in [0.2, 0.25) is 10.0 Å². The lowest BCUT2D eigenvalue weighted by Gasteiger charge is -2.22. The van der Waals surface area contributed by atoms with Gasteiger partial charge >= 0.3 is 12.1 Å². The maximum atomic E-state index is 12.9. The van der Waals surface area contributed by atoms with Crippen LogP contribution in [0.3, 0.4) is 0 Å². The van der Waals surface area contributed by atoms with Crippen LogP contribution < -0.4 is 0 Å². The minimum Gasteiger partial charge on any atom is -0.480 e. The van der Waals surface area contributed by atoms with Gasteiger partial charge in [-0.3, -0.25) is 4.79 Å². The Morgan fingerprint density at radius 3 is 2.33 bits per heavy atom. The molecular weight excluding hydrogens is 386 g/mol. The van der Waals surface area contributed by atoms with E-state index in [1.165, 1.54) is 0 Å². The van der Waals surface area contributed by atoms with Gasteiger partial charge in [-0.2, -0.15) is 17.5 Å². The van der Waals surface area contributed by atoms with Crippen molar-refractivity contribution in [3.05, 3.63) is 28.5 Å². The molecule has 0 heterocycles. The van der Waals surface area contributed by atoms with Crippen LogP contribution in [0.2, 0.25) is 0 Å². The van der Waals surface area contributed by atoms with E-state index in [0.717, 1.165) is 18.2 Å². The van der Waals surface area contributed by atoms with E-state index in [9.17, 15) is 30.8 Å². The molecule has 1 aromatic carbocycles. The Morgan fingerprint density at radius 2 is 1.90 bits per heavy atom. The molecule has 0 atom stereocenters. The molecule has 1 N–H and O–H groups in total. The van der Waals surface area contributed by atoms with Crippen LogP contribution in [0.4, 0.5) is 17.6 Å². The number of hydrogen-bond donors (Lipinski definition) is 1. The summed E-state index contributed by atoms with van der Waals surface area (Å²) in [4.78, 5) is 9.91. The van der Waals surface area contributed by atoms with Crippen molar-refractivity contribution < 1.29 is 35.9 Å². The van der Waals surface area contributed by atoms with Gasteiger partial charge in [0.25, 0.3) is 0 Å². The van der Waals surface area contributed by atoms with Crippen LogP contribution in [0.25, 0.3) is 0 Å². The van der Waals surface area contributed by atoms with Crippen molar-refractivity contribution in [3.63, 3.8) is 0 Å². The average Bonchev–Trinajstić information content (AvgIpc) is 2.24. The number of halogens is 5. The Kier molecular flexibility index (Phi) is 5.34. The van der Waals surface area contributed by atoms with Crippen LogP contribution in [0.15, 0.2) is 27.6 Å². The molecule has 0 unspecified atom stereocenters. The fraction of sp³-hybridized carbons (Fsp3) is 0.300. The Hall–Kier alpha value is -1.20. The number of hydrogen-bond acceptors (Lipinski definition) is 3. The molecule has 0 radical (unpaired) electrons. The molecule has 0 saturated heterocycles. The van der Waals surface area contributed by atoms with E-state index in [2.05, 4.69) is 15.9 Å². The molecule has 0 aromatic heterocycles. The number of benzene rings is 1. The minimum atomic E-state index is -4.92. The number of sulfonamides is 1. The first-order valence-corrected chi connectivity index (χ1v) is 7.40. The molecule has 118 valence electrons. The Labute approximate surface area is 125 Å². The summed E-state index contributed by atoms with van der Waals surface area (Å²) in [6.45, 7) is -3.34. The average molecular weight is 394 g/mol. The predicted molar refractivity (Wildman–Crippen MR) is 66.5 cm³/mol. The standard InChI is InChI=1S/C10H8BrF4NO4S/c11-7-3-6(12)1-2-8(7)21(19,20)16(4-9(17)18)5-10(13,14)15/h1-3H,4-5H2,(H,17,18). The molecule has 0 aliphatic carbocycles. The van der Waals surface area contributed by atoms with Gasteiger partial charge in [0.1, 0.15) is 18.9 Å². The first-order chi connectivity index (χ1) is 9.43. The van der Waals surface area contributed by atoms with Crippen LogP contribution in [-0.2, 0) is 14.8 Å². The van der Waals surface area contributed by atoms with Crippen molar-refractivity contribution in [1.29, 1.82) is 0 Å². The molecule has 0 saturated carbocycles. The largest absolute Gasteiger partial charge is 0.480 e. The summed E-state index contributed by atoms with van der Waals surface area (Å²) in [7, 11) is -4.76. The number of carbonyl (C=O) groups is 1. The normalized spacial score (nSPS) is 12.7. The molecular formula is C10H8BrF4NO4S. The number of aliphatic carboxylic acids is 1. The molecule has 0 fully saturated rings. The fourth-order valence-electron chi connectivity index (χ4n) is 1.40. The van der Waals surface area contributed by atoms with Crippen LogP contribution in [0, 0.1) is 5.82 Å². The van der Waals surface area contributed by atoms with Crippen molar-refractivity contribution >= 4 is 31.9 Å². The lowest BCUT2D eigenvalue weighted by atomic mass is 10.3. The number of carboxylic acids is 1. The zero-order chi connectivity index (χ0) is 16.4. The van der Waals surface area contributed by atoms with Gasteiger partial charge in [0.15, 0.2) is 0 Å². The molecule has 0 aliphatic rings. The molecule has 11 heteroatoms. The van der Waals surface area contributed by atoms with Crippen LogP contribution >= 0.6 is 15.9 Å². The second kappa shape index (κ2) is 6.28. The zero-order valence-corrected chi connectivity index (χ0v) is 12.5. The van der Waals surface area contributed by atoms with Crippen LogP contribution in [-0.4, -0.2) is 43.1 Å². The van der Waals surface area contributed by atoms with Crippen molar-refractivity contribution in [2.45, 2.75) is 11.1 Å². The summed E-state index contributed by atoms with van der Waals surface area (Å²) in [6.07, 6.45) is -4.92. The molecule has 1 rings (SSSR count). The molecule has 1 aromatic rings. The maximum Gasteiger partial charge on any atom is 0.402 e. The molecule has 0 aliphatic heterocycles. The summed E-state index contributed by atoms with van der Waals surface area (Å²) in [5.41, 5.74) is 0. The van der Waals surface area contributed by atoms with Gasteiger partial charge in [0.05, 0.1) is 4.90 Å². The molecule has 0 amide bonds. The van der Waals surface area contributed by atoms with Gasteiger partial charge in [-0.25, -0.2) is 12.8 Å². The minimum absolute atomic E-state index is 0.243. The summed E-state index contributed by atoms with van der Waals surface area (Å²) >= 11 is 2.72. The highest BCUT2D eigenvalue weighted by molar-refractivity contribution is 9.10. The predicted octanol–water partition coefficient (Wildman–Crippen LogP) is 2.23. The van der Waals surface area contributed by atoms with E-state index >= 15 is 0 Å². The Bertz CT molecular complexity index is 647. The van der Waals surface area contributed by atoms with E-state index in [1.54, 1.807) is 0 Å². The Morgan fingerprint density at radius 1 is 1.33 bits per heavy atom. The van der Waals surface area contributed by atoms with E-state index in [0.29, 0.717) is 0 Å². The van der Waals surface area contributed by atoms with E-state index in [4.69, 9.17) is 5.11 Å². The van der Waals surface area contributed by atoms with Crippen LogP contribution in [0.5, 0.6) is 0 Å². The van der Waals surface area contributed by atoms with E-state index in [-0.39, 0.29) is 8.78 Å². The number of rotatable bonds is 5.